The Hall–Kier alpha value is -3.39. The molecular weight excluding hydrogens is 460 g/mol. The minimum absolute atomic E-state index is 0.116. The number of nitrogens with zero attached hydrogens (tertiary/aromatic N) is 3. The molecule has 8 heteroatoms. The molecule has 3 aromatic rings. The number of sulfonamides is 1. The number of rotatable bonds is 6. The fourth-order valence-corrected chi connectivity index (χ4v) is 6.32. The van der Waals surface area contributed by atoms with Crippen LogP contribution in [0.1, 0.15) is 47.2 Å². The lowest BCUT2D eigenvalue weighted by atomic mass is 10.2. The van der Waals surface area contributed by atoms with Crippen LogP contribution in [0.2, 0.25) is 0 Å². The fourth-order valence-electron chi connectivity index (χ4n) is 4.78. The van der Waals surface area contributed by atoms with Gasteiger partial charge in [-0.25, -0.2) is 13.4 Å². The molecule has 0 atom stereocenters. The van der Waals surface area contributed by atoms with Crippen molar-refractivity contribution in [2.24, 2.45) is 0 Å². The first-order valence-electron chi connectivity index (χ1n) is 12.2. The lowest BCUT2D eigenvalue weighted by Gasteiger charge is -2.21. The van der Waals surface area contributed by atoms with E-state index >= 15 is 0 Å². The average Bonchev–Trinajstić information content (AvgIpc) is 3.15. The number of hydrogen-bond donors (Lipinski definition) is 1. The van der Waals surface area contributed by atoms with Crippen LogP contribution in [0.5, 0.6) is 0 Å². The van der Waals surface area contributed by atoms with E-state index in [1.165, 1.54) is 36.1 Å². The smallest absolute Gasteiger partial charge is 0.264 e. The van der Waals surface area contributed by atoms with Gasteiger partial charge in [0.1, 0.15) is 5.82 Å². The van der Waals surface area contributed by atoms with Gasteiger partial charge in [0, 0.05) is 37.9 Å². The van der Waals surface area contributed by atoms with Crippen LogP contribution in [-0.2, 0) is 23.0 Å². The van der Waals surface area contributed by atoms with Crippen molar-refractivity contribution in [1.29, 1.82) is 0 Å². The van der Waals surface area contributed by atoms with Crippen molar-refractivity contribution in [3.8, 4) is 0 Å². The van der Waals surface area contributed by atoms with Gasteiger partial charge in [0.05, 0.1) is 10.6 Å². The molecule has 2 aliphatic rings. The van der Waals surface area contributed by atoms with E-state index < -0.39 is 10.0 Å². The maximum atomic E-state index is 13.3. The zero-order valence-electron chi connectivity index (χ0n) is 19.7. The van der Waals surface area contributed by atoms with Crippen LogP contribution in [-0.4, -0.2) is 38.9 Å². The largest absolute Gasteiger partial charge is 0.357 e. The molecule has 2 aliphatic heterocycles. The van der Waals surface area contributed by atoms with Gasteiger partial charge in [0.15, 0.2) is 0 Å². The second-order valence-electron chi connectivity index (χ2n) is 9.09. The van der Waals surface area contributed by atoms with Crippen molar-refractivity contribution in [3.05, 3.63) is 83.6 Å². The molecule has 0 saturated carbocycles. The predicted molar refractivity (Wildman–Crippen MR) is 137 cm³/mol. The third-order valence-corrected chi connectivity index (χ3v) is 8.53. The van der Waals surface area contributed by atoms with Crippen molar-refractivity contribution >= 4 is 27.4 Å². The number of aromatic nitrogens is 1. The molecule has 0 unspecified atom stereocenters. The Morgan fingerprint density at radius 2 is 1.71 bits per heavy atom. The van der Waals surface area contributed by atoms with E-state index in [2.05, 4.69) is 15.2 Å². The third kappa shape index (κ3) is 5.03. The molecule has 3 heterocycles. The van der Waals surface area contributed by atoms with Crippen molar-refractivity contribution in [1.82, 2.24) is 10.3 Å². The maximum absolute atomic E-state index is 13.3. The highest BCUT2D eigenvalue weighted by Crippen LogP contribution is 2.32. The zero-order valence-corrected chi connectivity index (χ0v) is 20.5. The summed E-state index contributed by atoms with van der Waals surface area (Å²) in [6, 6.07) is 17.8. The summed E-state index contributed by atoms with van der Waals surface area (Å²) in [5.74, 6) is 0.656. The first-order chi connectivity index (χ1) is 17.0. The Bertz CT molecular complexity index is 1300. The molecule has 1 aromatic heterocycles. The highest BCUT2D eigenvalue weighted by Gasteiger charge is 2.31. The number of pyridine rings is 1. The summed E-state index contributed by atoms with van der Waals surface area (Å²) >= 11 is 0. The number of fused-ring (bicyclic) bond motifs is 1. The van der Waals surface area contributed by atoms with Gasteiger partial charge in [-0.05, 0) is 60.7 Å². The number of nitrogens with one attached hydrogen (secondary N) is 1. The van der Waals surface area contributed by atoms with Gasteiger partial charge < -0.3 is 10.2 Å². The summed E-state index contributed by atoms with van der Waals surface area (Å²) in [5.41, 5.74) is 2.93. The first-order valence-corrected chi connectivity index (χ1v) is 13.7. The Labute approximate surface area is 206 Å². The third-order valence-electron chi connectivity index (χ3n) is 6.72. The zero-order chi connectivity index (χ0) is 24.3. The minimum Gasteiger partial charge on any atom is -0.357 e. The van der Waals surface area contributed by atoms with E-state index in [1.54, 1.807) is 24.4 Å². The van der Waals surface area contributed by atoms with Gasteiger partial charge in [0.2, 0.25) is 0 Å². The normalized spacial score (nSPS) is 16.0. The van der Waals surface area contributed by atoms with Crippen LogP contribution < -0.4 is 14.5 Å². The molecule has 1 N–H and O–H groups in total. The standard InChI is InChI=1S/C27H30N4O3S/c32-27(29-20-21-12-13-26(28-19-21)30-15-5-1-2-6-16-30)23-9-7-10-24(18-23)35(33,34)31-17-14-22-8-3-4-11-25(22)31/h3-4,7-13,18-19H,1-2,5-6,14-17,20H2,(H,29,32). The molecule has 0 aliphatic carbocycles. The second kappa shape index (κ2) is 10.1. The highest BCUT2D eigenvalue weighted by molar-refractivity contribution is 7.92. The van der Waals surface area contributed by atoms with Crippen molar-refractivity contribution in [2.45, 2.75) is 43.5 Å². The fraction of sp³-hybridized carbons (Fsp3) is 0.333. The summed E-state index contributed by atoms with van der Waals surface area (Å²) in [6.07, 6.45) is 7.41. The molecule has 0 spiro atoms. The molecule has 5 rings (SSSR count). The summed E-state index contributed by atoms with van der Waals surface area (Å²) < 4.78 is 28.1. The van der Waals surface area contributed by atoms with Crippen LogP contribution in [0.15, 0.2) is 71.8 Å². The van der Waals surface area contributed by atoms with Gasteiger partial charge in [-0.2, -0.15) is 0 Å². The molecule has 7 nitrogen and oxygen atoms in total. The number of para-hydroxylation sites is 1. The van der Waals surface area contributed by atoms with Crippen LogP contribution in [0.25, 0.3) is 0 Å². The number of hydrogen-bond acceptors (Lipinski definition) is 5. The van der Waals surface area contributed by atoms with E-state index in [9.17, 15) is 13.2 Å². The number of amides is 1. The van der Waals surface area contributed by atoms with Crippen LogP contribution in [0, 0.1) is 0 Å². The number of anilines is 2. The molecule has 0 bridgehead atoms. The topological polar surface area (TPSA) is 82.6 Å². The van der Waals surface area contributed by atoms with E-state index in [-0.39, 0.29) is 10.8 Å². The summed E-state index contributed by atoms with van der Waals surface area (Å²) in [4.78, 5) is 19.9. The Balaban J connectivity index is 1.25. The second-order valence-corrected chi connectivity index (χ2v) is 11.0. The van der Waals surface area contributed by atoms with Crippen LogP contribution in [0.4, 0.5) is 11.5 Å². The van der Waals surface area contributed by atoms with Crippen LogP contribution in [0.3, 0.4) is 0 Å². The van der Waals surface area contributed by atoms with E-state index in [4.69, 9.17) is 0 Å². The van der Waals surface area contributed by atoms with Gasteiger partial charge in [-0.1, -0.05) is 43.2 Å². The Kier molecular flexibility index (Phi) is 6.72. The molecule has 35 heavy (non-hydrogen) atoms. The van der Waals surface area contributed by atoms with Gasteiger partial charge in [-0.3, -0.25) is 9.10 Å². The monoisotopic (exact) mass is 490 g/mol. The average molecular weight is 491 g/mol. The molecule has 0 radical (unpaired) electrons. The summed E-state index contributed by atoms with van der Waals surface area (Å²) in [6.45, 7) is 2.79. The predicted octanol–water partition coefficient (Wildman–Crippen LogP) is 4.14. The first kappa shape index (κ1) is 23.4. The number of benzene rings is 2. The van der Waals surface area contributed by atoms with E-state index in [0.29, 0.717) is 30.8 Å². The van der Waals surface area contributed by atoms with E-state index in [0.717, 1.165) is 30.0 Å². The van der Waals surface area contributed by atoms with Crippen LogP contribution >= 0.6 is 0 Å². The molecule has 1 fully saturated rings. The summed E-state index contributed by atoms with van der Waals surface area (Å²) in [7, 11) is -3.75. The van der Waals surface area contributed by atoms with Crippen molar-refractivity contribution in [3.63, 3.8) is 0 Å². The van der Waals surface area contributed by atoms with Crippen molar-refractivity contribution < 1.29 is 13.2 Å². The maximum Gasteiger partial charge on any atom is 0.264 e. The van der Waals surface area contributed by atoms with Crippen molar-refractivity contribution in [2.75, 3.05) is 28.8 Å². The molecule has 1 amide bonds. The van der Waals surface area contributed by atoms with Gasteiger partial charge in [-0.15, -0.1) is 0 Å². The van der Waals surface area contributed by atoms with Gasteiger partial charge >= 0.3 is 0 Å². The SMILES string of the molecule is O=C(NCc1ccc(N2CCCCCC2)nc1)c1cccc(S(=O)(=O)N2CCc3ccccc32)c1. The Morgan fingerprint density at radius 3 is 2.49 bits per heavy atom. The molecule has 1 saturated heterocycles. The molecular formula is C27H30N4O3S. The number of carbonyl (C=O) groups excluding carboxylic acids is 1. The lowest BCUT2D eigenvalue weighted by Crippen LogP contribution is -2.29. The van der Waals surface area contributed by atoms with E-state index in [1.807, 2.05) is 36.4 Å². The molecule has 2 aromatic carbocycles. The molecule has 182 valence electrons. The van der Waals surface area contributed by atoms with Gasteiger partial charge in [0.25, 0.3) is 15.9 Å². The minimum atomic E-state index is -3.75. The highest BCUT2D eigenvalue weighted by atomic mass is 32.2. The number of carbonyl (C=O) groups is 1. The Morgan fingerprint density at radius 1 is 0.914 bits per heavy atom. The quantitative estimate of drug-likeness (QED) is 0.562. The summed E-state index contributed by atoms with van der Waals surface area (Å²) in [5, 5.41) is 2.89. The lowest BCUT2D eigenvalue weighted by molar-refractivity contribution is 0.0950.